The molecule has 0 atom stereocenters. The predicted molar refractivity (Wildman–Crippen MR) is 165 cm³/mol. The lowest BCUT2D eigenvalue weighted by Crippen LogP contribution is -2.49. The number of urea groups is 1. The van der Waals surface area contributed by atoms with Crippen molar-refractivity contribution in [2.24, 2.45) is 0 Å². The average molecular weight is 651 g/mol. The number of hydrogen-bond donors (Lipinski definition) is 3. The number of fused-ring (bicyclic) bond motifs is 1. The number of carbonyl (C=O) groups is 3. The number of amides is 4. The number of pyridine rings is 2. The van der Waals surface area contributed by atoms with Crippen molar-refractivity contribution in [3.05, 3.63) is 77.4 Å². The highest BCUT2D eigenvalue weighted by atomic mass is 19.4. The highest BCUT2D eigenvalue weighted by Gasteiger charge is 2.33. The van der Waals surface area contributed by atoms with E-state index in [1.54, 1.807) is 32.2 Å². The van der Waals surface area contributed by atoms with E-state index in [2.05, 4.69) is 25.5 Å². The molecule has 4 amide bonds. The molecule has 246 valence electrons. The van der Waals surface area contributed by atoms with Crippen molar-refractivity contribution in [1.82, 2.24) is 30.0 Å². The maximum Gasteiger partial charge on any atom is 0.433 e. The monoisotopic (exact) mass is 650 g/mol. The standard InChI is InChI=1S/C32H33F3N8O4/c1-31(2,47)22-16-24-20(15-25(22)38-29(45)23-4-3-5-26(37-23)32(33,34)35)18-43(40-24)21-7-11-41(12-8-21)17-19-6-10-36-27(14-19)42-13-9-28(44)39-30(42)46/h3-6,10,14-16,18,21,47H,7-9,11-13,17H2,1-2H3,(H,38,45)(H,39,44,46). The summed E-state index contributed by atoms with van der Waals surface area (Å²) in [6.45, 7) is 5.62. The van der Waals surface area contributed by atoms with Gasteiger partial charge in [0.05, 0.1) is 17.2 Å². The molecule has 3 N–H and O–H groups in total. The van der Waals surface area contributed by atoms with Gasteiger partial charge in [-0.2, -0.15) is 18.3 Å². The summed E-state index contributed by atoms with van der Waals surface area (Å²) in [6.07, 6.45) is 0.671. The summed E-state index contributed by atoms with van der Waals surface area (Å²) < 4.78 is 41.4. The van der Waals surface area contributed by atoms with Crippen LogP contribution in [-0.2, 0) is 23.1 Å². The molecule has 1 aromatic carbocycles. The van der Waals surface area contributed by atoms with Crippen LogP contribution in [0.5, 0.6) is 0 Å². The highest BCUT2D eigenvalue weighted by Crippen LogP contribution is 2.34. The number of anilines is 2. The van der Waals surface area contributed by atoms with E-state index in [1.807, 2.05) is 23.0 Å². The quantitative estimate of drug-likeness (QED) is 0.263. The summed E-state index contributed by atoms with van der Waals surface area (Å²) in [4.78, 5) is 48.3. The Hall–Kier alpha value is -4.89. The Morgan fingerprint density at radius 2 is 1.85 bits per heavy atom. The fourth-order valence-electron chi connectivity index (χ4n) is 5.88. The van der Waals surface area contributed by atoms with Crippen molar-refractivity contribution in [3.8, 4) is 0 Å². The summed E-state index contributed by atoms with van der Waals surface area (Å²) in [5.41, 5.74) is -0.768. The predicted octanol–water partition coefficient (Wildman–Crippen LogP) is 4.61. The van der Waals surface area contributed by atoms with Gasteiger partial charge in [0.25, 0.3) is 5.91 Å². The molecule has 3 aromatic heterocycles. The molecule has 0 unspecified atom stereocenters. The molecule has 2 aliphatic rings. The largest absolute Gasteiger partial charge is 0.433 e. The van der Waals surface area contributed by atoms with Gasteiger partial charge in [0.15, 0.2) is 0 Å². The van der Waals surface area contributed by atoms with Gasteiger partial charge in [-0.05, 0) is 68.7 Å². The third-order valence-electron chi connectivity index (χ3n) is 8.32. The summed E-state index contributed by atoms with van der Waals surface area (Å²) in [7, 11) is 0. The van der Waals surface area contributed by atoms with Crippen LogP contribution in [0.4, 0.5) is 29.5 Å². The number of hydrogen-bond acceptors (Lipinski definition) is 8. The number of piperidine rings is 1. The lowest BCUT2D eigenvalue weighted by Gasteiger charge is -2.32. The molecular weight excluding hydrogens is 617 g/mol. The number of aromatic nitrogens is 4. The van der Waals surface area contributed by atoms with Crippen LogP contribution in [-0.4, -0.2) is 67.2 Å². The number of likely N-dealkylation sites (tertiary alicyclic amines) is 1. The minimum absolute atomic E-state index is 0.0965. The van der Waals surface area contributed by atoms with Crippen molar-refractivity contribution < 1.29 is 32.7 Å². The Morgan fingerprint density at radius 3 is 2.55 bits per heavy atom. The Balaban J connectivity index is 1.15. The van der Waals surface area contributed by atoms with Crippen LogP contribution in [0, 0.1) is 0 Å². The van der Waals surface area contributed by atoms with Crippen molar-refractivity contribution in [2.75, 3.05) is 29.9 Å². The van der Waals surface area contributed by atoms with Crippen LogP contribution in [0.15, 0.2) is 54.9 Å². The fraction of sp³-hybridized carbons (Fsp3) is 0.375. The van der Waals surface area contributed by atoms with E-state index in [0.717, 1.165) is 43.6 Å². The second-order valence-electron chi connectivity index (χ2n) is 12.3. The Bertz CT molecular complexity index is 1840. The average Bonchev–Trinajstić information content (AvgIpc) is 3.43. The van der Waals surface area contributed by atoms with E-state index < -0.39 is 35.1 Å². The summed E-state index contributed by atoms with van der Waals surface area (Å²) in [5.74, 6) is -0.638. The van der Waals surface area contributed by atoms with Gasteiger partial charge in [-0.15, -0.1) is 0 Å². The van der Waals surface area contributed by atoms with E-state index in [9.17, 15) is 32.7 Å². The van der Waals surface area contributed by atoms with Crippen molar-refractivity contribution in [1.29, 1.82) is 0 Å². The van der Waals surface area contributed by atoms with Crippen molar-refractivity contribution >= 4 is 40.3 Å². The number of rotatable bonds is 7. The first kappa shape index (κ1) is 32.1. The fourth-order valence-corrected chi connectivity index (χ4v) is 5.88. The van der Waals surface area contributed by atoms with Gasteiger partial charge in [-0.1, -0.05) is 6.07 Å². The number of aliphatic hydroxyl groups is 1. The normalized spacial score (nSPS) is 16.9. The summed E-state index contributed by atoms with van der Waals surface area (Å²) in [6, 6.07) is 9.83. The minimum atomic E-state index is -4.70. The van der Waals surface area contributed by atoms with Crippen LogP contribution in [0.2, 0.25) is 0 Å². The smallest absolute Gasteiger partial charge is 0.386 e. The van der Waals surface area contributed by atoms with E-state index >= 15 is 0 Å². The second-order valence-corrected chi connectivity index (χ2v) is 12.3. The van der Waals surface area contributed by atoms with Gasteiger partial charge < -0.3 is 10.4 Å². The number of benzene rings is 1. The molecule has 12 nitrogen and oxygen atoms in total. The van der Waals surface area contributed by atoms with Crippen LogP contribution in [0.3, 0.4) is 0 Å². The van der Waals surface area contributed by atoms with Gasteiger partial charge in [0.1, 0.15) is 17.2 Å². The van der Waals surface area contributed by atoms with E-state index in [0.29, 0.717) is 28.8 Å². The highest BCUT2D eigenvalue weighted by molar-refractivity contribution is 6.05. The summed E-state index contributed by atoms with van der Waals surface area (Å²) >= 11 is 0. The molecule has 4 aromatic rings. The minimum Gasteiger partial charge on any atom is -0.386 e. The van der Waals surface area contributed by atoms with Gasteiger partial charge in [0, 0.05) is 61.6 Å². The van der Waals surface area contributed by atoms with Crippen LogP contribution >= 0.6 is 0 Å². The Labute approximate surface area is 267 Å². The molecule has 5 heterocycles. The molecule has 0 radical (unpaired) electrons. The summed E-state index contributed by atoms with van der Waals surface area (Å²) in [5, 5.41) is 21.3. The molecule has 0 spiro atoms. The first-order chi connectivity index (χ1) is 22.2. The SMILES string of the molecule is CC(C)(O)c1cc2nn(C3CCN(Cc4ccnc(N5CCC(=O)NC5=O)c4)CC3)cc2cc1NC(=O)c1cccc(C(F)(F)F)n1. The van der Waals surface area contributed by atoms with Gasteiger partial charge in [-0.3, -0.25) is 29.4 Å². The number of nitrogens with zero attached hydrogens (tertiary/aromatic N) is 6. The van der Waals surface area contributed by atoms with Gasteiger partial charge in [0.2, 0.25) is 5.91 Å². The number of alkyl halides is 3. The van der Waals surface area contributed by atoms with Crippen LogP contribution in [0.1, 0.15) is 66.5 Å². The van der Waals surface area contributed by atoms with Gasteiger partial charge in [-0.25, -0.2) is 14.8 Å². The molecule has 2 aliphatic heterocycles. The zero-order valence-electron chi connectivity index (χ0n) is 25.7. The molecule has 47 heavy (non-hydrogen) atoms. The topological polar surface area (TPSA) is 146 Å². The Kier molecular flexibility index (Phi) is 8.44. The third kappa shape index (κ3) is 7.10. The first-order valence-corrected chi connectivity index (χ1v) is 15.1. The third-order valence-corrected chi connectivity index (χ3v) is 8.32. The molecule has 2 saturated heterocycles. The lowest BCUT2D eigenvalue weighted by molar-refractivity contribution is -0.141. The molecule has 0 bridgehead atoms. The maximum absolute atomic E-state index is 13.2. The van der Waals surface area contributed by atoms with Crippen molar-refractivity contribution in [3.63, 3.8) is 0 Å². The molecule has 0 aliphatic carbocycles. The molecule has 6 rings (SSSR count). The van der Waals surface area contributed by atoms with E-state index in [1.165, 1.54) is 11.0 Å². The zero-order valence-corrected chi connectivity index (χ0v) is 25.7. The molecule has 0 saturated carbocycles. The van der Waals surface area contributed by atoms with Crippen molar-refractivity contribution in [2.45, 2.75) is 57.5 Å². The number of halogens is 3. The second kappa shape index (κ2) is 12.4. The zero-order chi connectivity index (χ0) is 33.5. The Morgan fingerprint density at radius 1 is 1.09 bits per heavy atom. The first-order valence-electron chi connectivity index (χ1n) is 15.1. The molecule has 2 fully saturated rings. The lowest BCUT2D eigenvalue weighted by atomic mass is 9.95. The number of carbonyl (C=O) groups excluding carboxylic acids is 3. The van der Waals surface area contributed by atoms with E-state index in [-0.39, 0.29) is 30.6 Å². The van der Waals surface area contributed by atoms with Crippen LogP contribution in [0.25, 0.3) is 10.9 Å². The molecule has 15 heteroatoms. The molecular formula is C32H33F3N8O4. The van der Waals surface area contributed by atoms with Gasteiger partial charge >= 0.3 is 12.2 Å². The van der Waals surface area contributed by atoms with E-state index in [4.69, 9.17) is 5.10 Å². The van der Waals surface area contributed by atoms with Crippen LogP contribution < -0.4 is 15.5 Å². The maximum atomic E-state index is 13.2. The number of imide groups is 1. The number of nitrogens with one attached hydrogen (secondary N) is 2.